The molecule has 0 spiro atoms. The van der Waals surface area contributed by atoms with Crippen molar-refractivity contribution in [3.63, 3.8) is 0 Å². The number of rotatable bonds is 16. The summed E-state index contributed by atoms with van der Waals surface area (Å²) >= 11 is 0. The molecule has 0 aromatic carbocycles. The minimum Gasteiger partial charge on any atom is -0.385 e. The zero-order valence-electron chi connectivity index (χ0n) is 23.2. The molecular formula is C27H45N2O9P. The van der Waals surface area contributed by atoms with E-state index in [1.54, 1.807) is 0 Å². The summed E-state index contributed by atoms with van der Waals surface area (Å²) in [6.07, 6.45) is 10.0. The molecule has 12 heteroatoms. The second-order valence-electron chi connectivity index (χ2n) is 11.5. The van der Waals surface area contributed by atoms with E-state index in [0.29, 0.717) is 12.8 Å². The number of hydrogen-bond acceptors (Lipinski definition) is 7. The largest absolute Gasteiger partial charge is 0.385 e. The van der Waals surface area contributed by atoms with E-state index in [-0.39, 0.29) is 0 Å². The predicted octanol–water partition coefficient (Wildman–Crippen LogP) is 3.06. The van der Waals surface area contributed by atoms with Crippen molar-refractivity contribution in [2.24, 2.45) is 5.41 Å². The lowest BCUT2D eigenvalue weighted by Crippen LogP contribution is -2.44. The molecular weight excluding hydrogens is 527 g/mol. The molecule has 2 fully saturated rings. The van der Waals surface area contributed by atoms with Crippen molar-refractivity contribution in [1.82, 2.24) is 9.55 Å². The summed E-state index contributed by atoms with van der Waals surface area (Å²) in [5.74, 6) is 0. The standard InChI is InChI=1S/C27H45N2O9P/c1-4-5-6-7-8-9-10-11-12-13-14-15-16-19(39(35,36)37)21(31)22-26(33)25(2,3)27(26,34)23(38-22)29-18-17-20(30)28-24(29)32/h16-18,21-23,31,33-34H,4-15H2,1-3H3,(H,28,30,32)(H2,35,36,37)/b19-16-/t21?,22-,23-,26-,27+/m1/s1. The molecule has 1 aromatic rings. The van der Waals surface area contributed by atoms with Gasteiger partial charge in [-0.05, 0) is 12.8 Å². The highest BCUT2D eigenvalue weighted by Crippen LogP contribution is 2.76. The third kappa shape index (κ3) is 6.05. The quantitative estimate of drug-likeness (QED) is 0.128. The zero-order chi connectivity index (χ0) is 29.1. The Morgan fingerprint density at radius 2 is 1.56 bits per heavy atom. The molecule has 1 unspecified atom stereocenters. The smallest absolute Gasteiger partial charge is 0.354 e. The van der Waals surface area contributed by atoms with Gasteiger partial charge in [0.25, 0.3) is 5.56 Å². The fraction of sp³-hybridized carbons (Fsp3) is 0.778. The van der Waals surface area contributed by atoms with Crippen LogP contribution in [0.15, 0.2) is 33.2 Å². The average molecular weight is 573 g/mol. The molecule has 1 saturated carbocycles. The van der Waals surface area contributed by atoms with E-state index >= 15 is 0 Å². The summed E-state index contributed by atoms with van der Waals surface area (Å²) in [5, 5.41) is 33.4. The lowest BCUT2D eigenvalue weighted by Gasteiger charge is -2.31. The SMILES string of the molecule is CCCCCCCCCCCCC/C=C(/C(O)[C@H]1O[C@@H](n2ccc(=O)[nH]c2=O)[C@]2(O)C(C)(C)[C@]12O)P(=O)(O)O. The highest BCUT2D eigenvalue weighted by atomic mass is 31.2. The number of hydrogen-bond donors (Lipinski definition) is 6. The monoisotopic (exact) mass is 572 g/mol. The van der Waals surface area contributed by atoms with Crippen molar-refractivity contribution >= 4 is 7.60 Å². The summed E-state index contributed by atoms with van der Waals surface area (Å²) in [6, 6.07) is 1.04. The summed E-state index contributed by atoms with van der Waals surface area (Å²) in [4.78, 5) is 46.0. The second kappa shape index (κ2) is 12.5. The highest BCUT2D eigenvalue weighted by molar-refractivity contribution is 7.56. The number of unbranched alkanes of at least 4 members (excludes halogenated alkanes) is 11. The van der Waals surface area contributed by atoms with Gasteiger partial charge >= 0.3 is 13.3 Å². The van der Waals surface area contributed by atoms with Gasteiger partial charge in [0.1, 0.15) is 23.4 Å². The zero-order valence-corrected chi connectivity index (χ0v) is 24.1. The van der Waals surface area contributed by atoms with Crippen LogP contribution in [-0.2, 0) is 9.30 Å². The Labute approximate surface area is 229 Å². The normalized spacial score (nSPS) is 28.9. The molecule has 0 bridgehead atoms. The first-order valence-corrected chi connectivity index (χ1v) is 15.7. The Bertz CT molecular complexity index is 1170. The molecule has 6 N–H and O–H groups in total. The molecule has 1 aliphatic carbocycles. The number of H-pyrrole nitrogens is 1. The lowest BCUT2D eigenvalue weighted by atomic mass is 9.97. The molecule has 1 aliphatic heterocycles. The van der Waals surface area contributed by atoms with Gasteiger partial charge in [0, 0.05) is 17.7 Å². The summed E-state index contributed by atoms with van der Waals surface area (Å²) < 4.78 is 19.0. The predicted molar refractivity (Wildman–Crippen MR) is 146 cm³/mol. The molecule has 2 aliphatic rings. The van der Waals surface area contributed by atoms with E-state index in [2.05, 4.69) is 6.92 Å². The van der Waals surface area contributed by atoms with Gasteiger partial charge in [-0.2, -0.15) is 0 Å². The fourth-order valence-corrected chi connectivity index (χ4v) is 6.96. The van der Waals surface area contributed by atoms with Gasteiger partial charge in [-0.15, -0.1) is 0 Å². The van der Waals surface area contributed by atoms with Crippen molar-refractivity contribution in [2.75, 3.05) is 0 Å². The number of allylic oxidation sites excluding steroid dienone is 1. The van der Waals surface area contributed by atoms with Gasteiger partial charge in [-0.1, -0.05) is 91.1 Å². The van der Waals surface area contributed by atoms with Crippen LogP contribution >= 0.6 is 7.60 Å². The highest BCUT2D eigenvalue weighted by Gasteiger charge is 2.93. The van der Waals surface area contributed by atoms with Gasteiger partial charge in [0.05, 0.1) is 5.31 Å². The van der Waals surface area contributed by atoms with Crippen LogP contribution in [-0.4, -0.2) is 58.1 Å². The summed E-state index contributed by atoms with van der Waals surface area (Å²) in [7, 11) is -4.95. The van der Waals surface area contributed by atoms with Crippen molar-refractivity contribution in [3.8, 4) is 0 Å². The van der Waals surface area contributed by atoms with E-state index in [4.69, 9.17) is 4.74 Å². The maximum absolute atomic E-state index is 12.4. The number of nitrogens with zero attached hydrogens (tertiary/aromatic N) is 1. The summed E-state index contributed by atoms with van der Waals surface area (Å²) in [6.45, 7) is 5.21. The number of aliphatic hydroxyl groups excluding tert-OH is 1. The molecule has 5 atom stereocenters. The van der Waals surface area contributed by atoms with Crippen molar-refractivity contribution in [2.45, 2.75) is 127 Å². The number of fused-ring (bicyclic) bond motifs is 1. The van der Waals surface area contributed by atoms with Crippen LogP contribution in [0.2, 0.25) is 0 Å². The first-order valence-electron chi connectivity index (χ1n) is 14.1. The van der Waals surface area contributed by atoms with E-state index < -0.39 is 59.2 Å². The summed E-state index contributed by atoms with van der Waals surface area (Å²) in [5.41, 5.74) is -7.06. The van der Waals surface area contributed by atoms with Gasteiger partial charge in [0.15, 0.2) is 6.23 Å². The van der Waals surface area contributed by atoms with Crippen molar-refractivity contribution in [3.05, 3.63) is 44.5 Å². The lowest BCUT2D eigenvalue weighted by molar-refractivity contribution is -0.140. The fourth-order valence-electron chi connectivity index (χ4n) is 6.11. The molecule has 2 heterocycles. The molecule has 0 radical (unpaired) electrons. The Kier molecular flexibility index (Phi) is 10.2. The van der Waals surface area contributed by atoms with Gasteiger partial charge in [0.2, 0.25) is 0 Å². The Morgan fingerprint density at radius 3 is 2.08 bits per heavy atom. The topological polar surface area (TPSA) is 182 Å². The van der Waals surface area contributed by atoms with Gasteiger partial charge in [-0.25, -0.2) is 4.79 Å². The average Bonchev–Trinajstić information content (AvgIpc) is 3.06. The first-order chi connectivity index (χ1) is 18.2. The minimum absolute atomic E-state index is 0.316. The number of nitrogens with one attached hydrogen (secondary N) is 1. The van der Waals surface area contributed by atoms with Crippen LogP contribution < -0.4 is 11.2 Å². The van der Waals surface area contributed by atoms with Crippen molar-refractivity contribution < 1.29 is 34.4 Å². The van der Waals surface area contributed by atoms with E-state index in [0.717, 1.165) is 36.1 Å². The van der Waals surface area contributed by atoms with E-state index in [1.807, 2.05) is 4.98 Å². The van der Waals surface area contributed by atoms with Gasteiger partial charge in [-0.3, -0.25) is 18.9 Å². The van der Waals surface area contributed by atoms with E-state index in [1.165, 1.54) is 64.9 Å². The first kappa shape index (κ1) is 31.9. The third-order valence-electron chi connectivity index (χ3n) is 8.66. The van der Waals surface area contributed by atoms with E-state index in [9.17, 15) is 39.3 Å². The molecule has 1 saturated heterocycles. The molecule has 1 aromatic heterocycles. The van der Waals surface area contributed by atoms with Crippen LogP contribution in [0, 0.1) is 5.41 Å². The Balaban J connectivity index is 1.64. The molecule has 3 rings (SSSR count). The minimum atomic E-state index is -4.95. The number of aromatic nitrogens is 2. The number of ether oxygens (including phenoxy) is 1. The number of aliphatic hydroxyl groups is 3. The maximum atomic E-state index is 12.4. The molecule has 11 nitrogen and oxygen atoms in total. The van der Waals surface area contributed by atoms with Gasteiger partial charge < -0.3 is 29.8 Å². The Hall–Kier alpha value is -1.59. The second-order valence-corrected chi connectivity index (χ2v) is 13.1. The Morgan fingerprint density at radius 1 is 1.03 bits per heavy atom. The van der Waals surface area contributed by atoms with Crippen LogP contribution in [0.25, 0.3) is 0 Å². The number of aromatic amines is 1. The molecule has 222 valence electrons. The molecule has 39 heavy (non-hydrogen) atoms. The third-order valence-corrected chi connectivity index (χ3v) is 9.78. The van der Waals surface area contributed by atoms with Crippen LogP contribution in [0.1, 0.15) is 104 Å². The maximum Gasteiger partial charge on any atom is 0.354 e. The van der Waals surface area contributed by atoms with Crippen LogP contribution in [0.3, 0.4) is 0 Å². The van der Waals surface area contributed by atoms with Crippen LogP contribution in [0.4, 0.5) is 0 Å². The van der Waals surface area contributed by atoms with Crippen LogP contribution in [0.5, 0.6) is 0 Å². The van der Waals surface area contributed by atoms with Crippen molar-refractivity contribution in [1.29, 1.82) is 0 Å². The molecule has 0 amide bonds.